The van der Waals surface area contributed by atoms with Crippen molar-refractivity contribution in [2.24, 2.45) is 0 Å². The van der Waals surface area contributed by atoms with Crippen molar-refractivity contribution < 1.29 is 29.6 Å². The molecule has 3 N–H and O–H groups in total. The summed E-state index contributed by atoms with van der Waals surface area (Å²) in [5.41, 5.74) is 3.70. The third kappa shape index (κ3) is 25.2. The van der Waals surface area contributed by atoms with Crippen molar-refractivity contribution >= 4 is 11.9 Å². The molecule has 6 heteroatoms. The normalized spacial score (nSPS) is 12.3. The van der Waals surface area contributed by atoms with Crippen molar-refractivity contribution in [3.8, 4) is 11.5 Å². The number of carbonyl (C=O) groups is 2. The van der Waals surface area contributed by atoms with Crippen LogP contribution >= 0.6 is 0 Å². The molecule has 6 nitrogen and oxygen atoms in total. The molecule has 0 saturated carbocycles. The second kappa shape index (κ2) is 32.8. The smallest absolute Gasteiger partial charge is 0.338 e. The molecule has 68 heavy (non-hydrogen) atoms. The van der Waals surface area contributed by atoms with E-state index in [1.165, 1.54) is 154 Å². The van der Waals surface area contributed by atoms with Gasteiger partial charge >= 0.3 is 11.9 Å². The molecule has 0 heterocycles. The van der Waals surface area contributed by atoms with E-state index in [9.17, 15) is 24.9 Å². The van der Waals surface area contributed by atoms with Crippen LogP contribution < -0.4 is 0 Å². The number of ether oxygens (including phenoxy) is 1. The number of carboxylic acids is 1. The van der Waals surface area contributed by atoms with E-state index in [4.69, 9.17) is 4.74 Å². The number of hydrogen-bond donors (Lipinski definition) is 3. The highest BCUT2D eigenvalue weighted by Crippen LogP contribution is 2.44. The van der Waals surface area contributed by atoms with Crippen LogP contribution in [-0.4, -0.2) is 33.9 Å². The second-order valence-electron chi connectivity index (χ2n) is 24.5. The summed E-state index contributed by atoms with van der Waals surface area (Å²) in [6, 6.07) is 5.32. The number of phenolic OH excluding ortho intramolecular Hbond substituents is 2. The fourth-order valence-corrected chi connectivity index (χ4v) is 9.48. The van der Waals surface area contributed by atoms with Crippen molar-refractivity contribution in [2.45, 2.75) is 305 Å². The van der Waals surface area contributed by atoms with Crippen LogP contribution in [0.3, 0.4) is 0 Å². The van der Waals surface area contributed by atoms with Crippen LogP contribution in [0, 0.1) is 0 Å². The maximum absolute atomic E-state index is 12.7. The van der Waals surface area contributed by atoms with Crippen molar-refractivity contribution in [2.75, 3.05) is 6.61 Å². The Balaban J connectivity index is 0.000000680. The fraction of sp³-hybridized carbons (Fsp3) is 0.774. The molecule has 0 aliphatic heterocycles. The molecule has 0 aliphatic rings. The minimum atomic E-state index is -0.892. The lowest BCUT2D eigenvalue weighted by atomic mass is 9.74. The Bertz CT molecular complexity index is 1660. The summed E-state index contributed by atoms with van der Waals surface area (Å²) in [5.74, 6) is -0.601. The Morgan fingerprint density at radius 3 is 1.04 bits per heavy atom. The summed E-state index contributed by atoms with van der Waals surface area (Å²) in [6.07, 6.45) is 37.4. The number of aromatic carboxylic acids is 1. The van der Waals surface area contributed by atoms with Gasteiger partial charge in [-0.05, 0) is 64.7 Å². The highest BCUT2D eigenvalue weighted by atomic mass is 16.5. The molecule has 2 aromatic rings. The van der Waals surface area contributed by atoms with E-state index < -0.39 is 5.97 Å². The molecule has 2 aromatic carbocycles. The lowest BCUT2D eigenvalue weighted by Gasteiger charge is -2.30. The van der Waals surface area contributed by atoms with Crippen LogP contribution in [0.4, 0.5) is 0 Å². The van der Waals surface area contributed by atoms with Gasteiger partial charge in [0.15, 0.2) is 0 Å². The summed E-state index contributed by atoms with van der Waals surface area (Å²) in [6.45, 7) is 29.6. The van der Waals surface area contributed by atoms with Gasteiger partial charge < -0.3 is 20.1 Å². The third-order valence-corrected chi connectivity index (χ3v) is 13.7. The zero-order valence-corrected chi connectivity index (χ0v) is 47.0. The van der Waals surface area contributed by atoms with Crippen molar-refractivity contribution in [3.63, 3.8) is 0 Å². The van der Waals surface area contributed by atoms with E-state index in [2.05, 4.69) is 76.2 Å². The van der Waals surface area contributed by atoms with Crippen LogP contribution in [0.25, 0.3) is 0 Å². The number of aromatic hydroxyl groups is 2. The van der Waals surface area contributed by atoms with Gasteiger partial charge in [-0.2, -0.15) is 0 Å². The van der Waals surface area contributed by atoms with Crippen molar-refractivity contribution in [1.82, 2.24) is 0 Å². The summed E-state index contributed by atoms with van der Waals surface area (Å²) in [5, 5.41) is 32.0. The number of esters is 1. The average molecular weight is 950 g/mol. The number of benzene rings is 2. The Hall–Kier alpha value is -3.02. The summed E-state index contributed by atoms with van der Waals surface area (Å²) < 4.78 is 5.59. The maximum Gasteiger partial charge on any atom is 0.338 e. The summed E-state index contributed by atoms with van der Waals surface area (Å²) in [4.78, 5) is 24.9. The van der Waals surface area contributed by atoms with Gasteiger partial charge in [-0.15, -0.1) is 0 Å². The van der Waals surface area contributed by atoms with Gasteiger partial charge in [0.2, 0.25) is 0 Å². The van der Waals surface area contributed by atoms with Gasteiger partial charge in [0, 0.05) is 22.3 Å². The number of phenols is 2. The third-order valence-electron chi connectivity index (χ3n) is 13.7. The Kier molecular flexibility index (Phi) is 30.4. The molecule has 0 amide bonds. The molecule has 0 bridgehead atoms. The van der Waals surface area contributed by atoms with Gasteiger partial charge in [-0.3, -0.25) is 0 Å². The van der Waals surface area contributed by atoms with Crippen LogP contribution in [0.15, 0.2) is 18.2 Å². The topological polar surface area (TPSA) is 104 Å². The first kappa shape index (κ1) is 63.0. The largest absolute Gasteiger partial charge is 0.507 e. The number of carbonyl (C=O) groups excluding carboxylic acids is 1. The molecule has 0 saturated heterocycles. The lowest BCUT2D eigenvalue weighted by Crippen LogP contribution is -2.22. The quantitative estimate of drug-likeness (QED) is 0.0499. The minimum absolute atomic E-state index is 0.255. The first-order valence-electron chi connectivity index (χ1n) is 28.1. The van der Waals surface area contributed by atoms with E-state index in [1.807, 2.05) is 20.8 Å². The van der Waals surface area contributed by atoms with Gasteiger partial charge in [-0.25, -0.2) is 9.59 Å². The number of unbranched alkanes of at least 4 members (excludes halogenated alkanes) is 26. The first-order chi connectivity index (χ1) is 31.9. The molecule has 0 unspecified atom stereocenters. The fourth-order valence-electron chi connectivity index (χ4n) is 9.48. The van der Waals surface area contributed by atoms with Crippen LogP contribution in [0.2, 0.25) is 0 Å². The molecule has 0 atom stereocenters. The monoisotopic (exact) mass is 949 g/mol. The van der Waals surface area contributed by atoms with Gasteiger partial charge in [-0.1, -0.05) is 264 Å². The lowest BCUT2D eigenvalue weighted by molar-refractivity contribution is 0.0496. The Morgan fingerprint density at radius 1 is 0.426 bits per heavy atom. The summed E-state index contributed by atoms with van der Waals surface area (Å²) >= 11 is 0. The average Bonchev–Trinajstić information content (AvgIpc) is 3.23. The van der Waals surface area contributed by atoms with Crippen LogP contribution in [-0.2, 0) is 32.8 Å². The van der Waals surface area contributed by atoms with Crippen molar-refractivity contribution in [1.29, 1.82) is 0 Å². The summed E-state index contributed by atoms with van der Waals surface area (Å²) in [7, 11) is 0. The molecule has 0 spiro atoms. The maximum atomic E-state index is 12.7. The SMILES string of the molecule is CCCCCCCCCCCCCCCCOC(=O)c1cc(C(C)(C)C)c(O)c(C(C)(C)C)c1.CCCCCCCCCCCCCCCCc1c(C(=O)O)cc(C(C)(C)C)c(O)c1C(C)(C)C. The van der Waals surface area contributed by atoms with Gasteiger partial charge in [0.05, 0.1) is 17.7 Å². The predicted molar refractivity (Wildman–Crippen MR) is 293 cm³/mol. The first-order valence-corrected chi connectivity index (χ1v) is 28.1. The van der Waals surface area contributed by atoms with Crippen LogP contribution in [0.1, 0.15) is 325 Å². The predicted octanol–water partition coefficient (Wildman–Crippen LogP) is 19.3. The van der Waals surface area contributed by atoms with Gasteiger partial charge in [0.25, 0.3) is 0 Å². The Labute approximate surface area is 420 Å². The van der Waals surface area contributed by atoms with Crippen LogP contribution in [0.5, 0.6) is 11.5 Å². The van der Waals surface area contributed by atoms with E-state index in [-0.39, 0.29) is 33.4 Å². The number of hydrogen-bond acceptors (Lipinski definition) is 5. The highest BCUT2D eigenvalue weighted by molar-refractivity contribution is 5.91. The zero-order valence-electron chi connectivity index (χ0n) is 47.0. The molecule has 0 fully saturated rings. The molecule has 0 aliphatic carbocycles. The van der Waals surface area contributed by atoms with E-state index in [0.717, 1.165) is 53.5 Å². The Morgan fingerprint density at radius 2 is 0.735 bits per heavy atom. The molecule has 2 rings (SSSR count). The molecule has 392 valence electrons. The molecule has 0 aromatic heterocycles. The van der Waals surface area contributed by atoms with Crippen molar-refractivity contribution in [3.05, 3.63) is 57.1 Å². The molecule has 0 radical (unpaired) electrons. The highest BCUT2D eigenvalue weighted by Gasteiger charge is 2.32. The number of rotatable bonds is 32. The van der Waals surface area contributed by atoms with Gasteiger partial charge in [0.1, 0.15) is 11.5 Å². The van der Waals surface area contributed by atoms with E-state index in [1.54, 1.807) is 18.2 Å². The van der Waals surface area contributed by atoms with E-state index >= 15 is 0 Å². The van der Waals surface area contributed by atoms with E-state index in [0.29, 0.717) is 29.9 Å². The second-order valence-corrected chi connectivity index (χ2v) is 24.5. The molecular formula is C62H108O6. The minimum Gasteiger partial charge on any atom is -0.507 e. The molecular weight excluding hydrogens is 841 g/mol. The standard InChI is InChI=1S/2C31H54O3/c1-8-9-10-11-12-13-14-15-16-17-18-19-20-21-22-34-29(33)25-23-26(30(2,3)4)28(32)27(24-25)31(5,6)7;1-8-9-10-11-12-13-14-15-16-17-18-19-20-21-22-24-25(29(33)34)23-26(30(2,3)4)28(32)27(24)31(5,6)7/h23-24,32H,8-22H2,1-7H3;23,32H,8-22H2,1-7H3,(H,33,34). The number of carboxylic acid groups (broad SMARTS) is 1. The zero-order chi connectivity index (χ0) is 51.4.